The van der Waals surface area contributed by atoms with Gasteiger partial charge in [-0.25, -0.2) is 4.79 Å². The number of hydrogen-bond donors (Lipinski definition) is 0. The summed E-state index contributed by atoms with van der Waals surface area (Å²) in [5.41, 5.74) is 3.02. The van der Waals surface area contributed by atoms with E-state index in [1.54, 1.807) is 25.6 Å². The van der Waals surface area contributed by atoms with Crippen LogP contribution in [0.25, 0.3) is 11.1 Å². The molecule has 0 saturated heterocycles. The molecule has 0 aliphatic rings. The van der Waals surface area contributed by atoms with E-state index >= 15 is 0 Å². The largest absolute Gasteiger partial charge is 0.472 e. The van der Waals surface area contributed by atoms with Gasteiger partial charge in [0, 0.05) is 12.6 Å². The molecule has 2 aromatic heterocycles. The number of nitrogens with zero attached hydrogens (tertiary/aromatic N) is 1. The van der Waals surface area contributed by atoms with Crippen molar-refractivity contribution < 1.29 is 8.83 Å². The summed E-state index contributed by atoms with van der Waals surface area (Å²) in [4.78, 5) is 11.4. The van der Waals surface area contributed by atoms with Gasteiger partial charge in [0.1, 0.15) is 0 Å². The number of aromatic nitrogens is 1. The van der Waals surface area contributed by atoms with Gasteiger partial charge in [-0.1, -0.05) is 6.07 Å². The number of alkyl halides is 1. The second kappa shape index (κ2) is 4.07. The van der Waals surface area contributed by atoms with E-state index in [0.717, 1.165) is 16.6 Å². The van der Waals surface area contributed by atoms with E-state index in [2.05, 4.69) is 0 Å². The molecule has 92 valence electrons. The van der Waals surface area contributed by atoms with Gasteiger partial charge in [0.15, 0.2) is 5.58 Å². The monoisotopic (exact) mass is 263 g/mol. The van der Waals surface area contributed by atoms with Crippen LogP contribution in [0.1, 0.15) is 16.5 Å². The van der Waals surface area contributed by atoms with E-state index in [0.29, 0.717) is 5.58 Å². The third kappa shape index (κ3) is 1.66. The maximum atomic E-state index is 11.4. The second-order valence-corrected chi connectivity index (χ2v) is 4.51. The second-order valence-electron chi connectivity index (χ2n) is 4.07. The zero-order chi connectivity index (χ0) is 12.7. The molecule has 0 spiro atoms. The average Bonchev–Trinajstić information content (AvgIpc) is 2.98. The predicted molar refractivity (Wildman–Crippen MR) is 67.9 cm³/mol. The highest BCUT2D eigenvalue weighted by atomic mass is 35.5. The van der Waals surface area contributed by atoms with Gasteiger partial charge in [-0.15, -0.1) is 11.6 Å². The van der Waals surface area contributed by atoms with Gasteiger partial charge in [0.25, 0.3) is 0 Å². The normalized spacial score (nSPS) is 13.0. The fourth-order valence-corrected chi connectivity index (χ4v) is 2.18. The van der Waals surface area contributed by atoms with E-state index in [9.17, 15) is 4.79 Å². The summed E-state index contributed by atoms with van der Waals surface area (Å²) in [6.07, 6.45) is 3.18. The highest BCUT2D eigenvalue weighted by molar-refractivity contribution is 6.22. The van der Waals surface area contributed by atoms with Crippen molar-refractivity contribution in [2.24, 2.45) is 7.05 Å². The minimum absolute atomic E-state index is 0.321. The molecule has 0 saturated carbocycles. The number of halogens is 1. The third-order valence-electron chi connectivity index (χ3n) is 2.94. The van der Waals surface area contributed by atoms with E-state index in [-0.39, 0.29) is 11.1 Å². The number of furan rings is 1. The molecule has 2 heterocycles. The lowest BCUT2D eigenvalue weighted by molar-refractivity contribution is 0.528. The zero-order valence-corrected chi connectivity index (χ0v) is 10.3. The van der Waals surface area contributed by atoms with Crippen molar-refractivity contribution in [1.82, 2.24) is 4.57 Å². The molecule has 0 radical (unpaired) electrons. The molecular weight excluding hydrogens is 254 g/mol. The standard InChI is InChI=1S/C13H10ClNO3/c1-15-10-3-2-8(6-11(10)18-13(15)16)12(14)9-4-5-17-7-9/h2-7,12H,1H3. The third-order valence-corrected chi connectivity index (χ3v) is 3.45. The van der Waals surface area contributed by atoms with Gasteiger partial charge in [-0.05, 0) is 23.8 Å². The van der Waals surface area contributed by atoms with Crippen LogP contribution in [0.15, 0.2) is 50.4 Å². The van der Waals surface area contributed by atoms with E-state index < -0.39 is 0 Å². The molecule has 0 fully saturated rings. The van der Waals surface area contributed by atoms with Crippen LogP contribution in [0.3, 0.4) is 0 Å². The molecule has 18 heavy (non-hydrogen) atoms. The van der Waals surface area contributed by atoms with Gasteiger partial charge >= 0.3 is 5.76 Å². The molecule has 3 rings (SSSR count). The molecule has 4 nitrogen and oxygen atoms in total. The van der Waals surface area contributed by atoms with Crippen LogP contribution in [0.5, 0.6) is 0 Å². The van der Waals surface area contributed by atoms with Crippen LogP contribution in [0.2, 0.25) is 0 Å². The van der Waals surface area contributed by atoms with Gasteiger partial charge in [-0.3, -0.25) is 4.57 Å². The van der Waals surface area contributed by atoms with E-state index in [1.807, 2.05) is 18.2 Å². The number of oxazole rings is 1. The molecule has 1 atom stereocenters. The molecule has 5 heteroatoms. The first-order valence-electron chi connectivity index (χ1n) is 5.42. The summed E-state index contributed by atoms with van der Waals surface area (Å²) in [6, 6.07) is 7.29. The highest BCUT2D eigenvalue weighted by Crippen LogP contribution is 2.30. The molecule has 0 aliphatic carbocycles. The molecular formula is C13H10ClNO3. The van der Waals surface area contributed by atoms with Crippen molar-refractivity contribution in [3.63, 3.8) is 0 Å². The summed E-state index contributed by atoms with van der Waals surface area (Å²) in [6.45, 7) is 0. The summed E-state index contributed by atoms with van der Waals surface area (Å²) in [7, 11) is 1.67. The lowest BCUT2D eigenvalue weighted by Crippen LogP contribution is -2.08. The Bertz CT molecular complexity index is 739. The van der Waals surface area contributed by atoms with Crippen molar-refractivity contribution in [3.05, 3.63) is 58.5 Å². The van der Waals surface area contributed by atoms with Crippen LogP contribution in [-0.4, -0.2) is 4.57 Å². The molecule has 1 unspecified atom stereocenters. The first kappa shape index (κ1) is 11.2. The minimum atomic E-state index is -0.378. The SMILES string of the molecule is Cn1c(=O)oc2cc(C(Cl)c3ccoc3)ccc21. The van der Waals surface area contributed by atoms with Gasteiger partial charge in [0.2, 0.25) is 0 Å². The Morgan fingerprint density at radius 1 is 1.28 bits per heavy atom. The Balaban J connectivity index is 2.11. The van der Waals surface area contributed by atoms with E-state index in [4.69, 9.17) is 20.4 Å². The molecule has 0 amide bonds. The number of benzene rings is 1. The first-order chi connectivity index (χ1) is 8.66. The summed E-state index contributed by atoms with van der Waals surface area (Å²) in [5, 5.41) is -0.321. The Hall–Kier alpha value is -1.94. The zero-order valence-electron chi connectivity index (χ0n) is 9.59. The van der Waals surface area contributed by atoms with Crippen molar-refractivity contribution in [2.75, 3.05) is 0 Å². The summed E-state index contributed by atoms with van der Waals surface area (Å²) >= 11 is 6.33. The van der Waals surface area contributed by atoms with Crippen LogP contribution in [-0.2, 0) is 7.05 Å². The predicted octanol–water partition coefficient (Wildman–Crippen LogP) is 3.05. The fourth-order valence-electron chi connectivity index (χ4n) is 1.92. The fraction of sp³-hybridized carbons (Fsp3) is 0.154. The number of fused-ring (bicyclic) bond motifs is 1. The average molecular weight is 264 g/mol. The first-order valence-corrected chi connectivity index (χ1v) is 5.86. The van der Waals surface area contributed by atoms with Gasteiger partial charge < -0.3 is 8.83 Å². The van der Waals surface area contributed by atoms with Crippen molar-refractivity contribution in [1.29, 1.82) is 0 Å². The molecule has 1 aromatic carbocycles. The molecule has 3 aromatic rings. The van der Waals surface area contributed by atoms with Gasteiger partial charge in [-0.2, -0.15) is 0 Å². The quantitative estimate of drug-likeness (QED) is 0.668. The number of rotatable bonds is 2. The molecule has 0 bridgehead atoms. The van der Waals surface area contributed by atoms with E-state index in [1.165, 1.54) is 4.57 Å². The summed E-state index contributed by atoms with van der Waals surface area (Å²) in [5.74, 6) is -0.378. The Labute approximate surface area is 107 Å². The van der Waals surface area contributed by atoms with Gasteiger partial charge in [0.05, 0.1) is 23.4 Å². The number of aryl methyl sites for hydroxylation is 1. The van der Waals surface area contributed by atoms with Crippen LogP contribution in [0, 0.1) is 0 Å². The molecule has 0 N–H and O–H groups in total. The lowest BCUT2D eigenvalue weighted by Gasteiger charge is -2.06. The summed E-state index contributed by atoms with van der Waals surface area (Å²) < 4.78 is 11.6. The number of hydrogen-bond acceptors (Lipinski definition) is 3. The van der Waals surface area contributed by atoms with Crippen LogP contribution in [0.4, 0.5) is 0 Å². The molecule has 0 aliphatic heterocycles. The van der Waals surface area contributed by atoms with Crippen LogP contribution < -0.4 is 5.76 Å². The van der Waals surface area contributed by atoms with Crippen molar-refractivity contribution >= 4 is 22.7 Å². The lowest BCUT2D eigenvalue weighted by atomic mass is 10.1. The Morgan fingerprint density at radius 3 is 2.83 bits per heavy atom. The minimum Gasteiger partial charge on any atom is -0.472 e. The topological polar surface area (TPSA) is 48.3 Å². The highest BCUT2D eigenvalue weighted by Gasteiger charge is 2.14. The van der Waals surface area contributed by atoms with Crippen molar-refractivity contribution in [2.45, 2.75) is 5.38 Å². The van der Waals surface area contributed by atoms with Crippen molar-refractivity contribution in [3.8, 4) is 0 Å². The Morgan fingerprint density at radius 2 is 2.11 bits per heavy atom. The van der Waals surface area contributed by atoms with Crippen LogP contribution >= 0.6 is 11.6 Å². The smallest absolute Gasteiger partial charge is 0.419 e. The Kier molecular flexibility index (Phi) is 2.52. The maximum Gasteiger partial charge on any atom is 0.419 e. The maximum absolute atomic E-state index is 11.4.